The van der Waals surface area contributed by atoms with Crippen molar-refractivity contribution in [2.45, 2.75) is 85.5 Å². The van der Waals surface area contributed by atoms with Gasteiger partial charge in [0.05, 0.1) is 0 Å². The maximum Gasteiger partial charge on any atom is -0.0274 e. The molecule has 0 atom stereocenters. The molecule has 1 aromatic carbocycles. The van der Waals surface area contributed by atoms with Crippen molar-refractivity contribution in [3.63, 3.8) is 0 Å². The van der Waals surface area contributed by atoms with E-state index in [9.17, 15) is 0 Å². The highest BCUT2D eigenvalue weighted by Crippen LogP contribution is 2.22. The molecule has 19 heavy (non-hydrogen) atoms. The summed E-state index contributed by atoms with van der Waals surface area (Å²) in [7, 11) is 0. The second-order valence-electron chi connectivity index (χ2n) is 5.91. The first-order valence-electron chi connectivity index (χ1n) is 8.28. The van der Waals surface area contributed by atoms with Crippen LogP contribution in [0.3, 0.4) is 0 Å². The Morgan fingerprint density at radius 1 is 0.737 bits per heavy atom. The molecule has 0 amide bonds. The highest BCUT2D eigenvalue weighted by Gasteiger charge is 2.06. The van der Waals surface area contributed by atoms with Crippen LogP contribution in [-0.2, 0) is 12.8 Å². The molecule has 0 aliphatic rings. The summed E-state index contributed by atoms with van der Waals surface area (Å²) in [4.78, 5) is 0. The number of benzene rings is 1. The lowest BCUT2D eigenvalue weighted by atomic mass is 9.92. The van der Waals surface area contributed by atoms with Crippen molar-refractivity contribution in [2.75, 3.05) is 0 Å². The third-order valence-electron chi connectivity index (χ3n) is 4.24. The Hall–Kier alpha value is -0.780. The van der Waals surface area contributed by atoms with Gasteiger partial charge < -0.3 is 0 Å². The summed E-state index contributed by atoms with van der Waals surface area (Å²) in [6.07, 6.45) is 12.1. The predicted molar refractivity (Wildman–Crippen MR) is 87.0 cm³/mol. The molecule has 0 heteroatoms. The fourth-order valence-electron chi connectivity index (χ4n) is 2.95. The molecular weight excluding hydrogens is 228 g/mol. The Morgan fingerprint density at radius 2 is 1.42 bits per heavy atom. The van der Waals surface area contributed by atoms with E-state index in [1.807, 2.05) is 0 Å². The average Bonchev–Trinajstić information content (AvgIpc) is 2.40. The minimum absolute atomic E-state index is 1.23. The normalized spacial score (nSPS) is 10.9. The van der Waals surface area contributed by atoms with Crippen LogP contribution in [0.15, 0.2) is 12.1 Å². The van der Waals surface area contributed by atoms with E-state index in [0.29, 0.717) is 0 Å². The molecule has 0 aliphatic carbocycles. The van der Waals surface area contributed by atoms with Crippen LogP contribution in [0.5, 0.6) is 0 Å². The quantitative estimate of drug-likeness (QED) is 0.466. The van der Waals surface area contributed by atoms with Crippen LogP contribution in [0, 0.1) is 13.8 Å². The third-order valence-corrected chi connectivity index (χ3v) is 4.24. The maximum atomic E-state index is 2.33. The van der Waals surface area contributed by atoms with E-state index in [4.69, 9.17) is 0 Å². The number of hydrogen-bond donors (Lipinski definition) is 0. The summed E-state index contributed by atoms with van der Waals surface area (Å²) in [6.45, 7) is 9.15. The van der Waals surface area contributed by atoms with Crippen molar-refractivity contribution in [3.8, 4) is 0 Å². The molecule has 1 rings (SSSR count). The summed E-state index contributed by atoms with van der Waals surface area (Å²) < 4.78 is 0. The lowest BCUT2D eigenvalue weighted by Crippen LogP contribution is -1.99. The van der Waals surface area contributed by atoms with E-state index in [2.05, 4.69) is 39.8 Å². The maximum absolute atomic E-state index is 2.33. The smallest absolute Gasteiger partial charge is 0.0274 e. The second kappa shape index (κ2) is 9.18. The average molecular weight is 260 g/mol. The van der Waals surface area contributed by atoms with Crippen molar-refractivity contribution < 1.29 is 0 Å². The molecule has 0 nitrogen and oxygen atoms in total. The van der Waals surface area contributed by atoms with Gasteiger partial charge >= 0.3 is 0 Å². The molecule has 0 radical (unpaired) electrons. The summed E-state index contributed by atoms with van der Waals surface area (Å²) in [5.41, 5.74) is 6.25. The third kappa shape index (κ3) is 5.38. The van der Waals surface area contributed by atoms with E-state index < -0.39 is 0 Å². The van der Waals surface area contributed by atoms with Gasteiger partial charge in [-0.2, -0.15) is 0 Å². The molecule has 0 aliphatic heterocycles. The van der Waals surface area contributed by atoms with Gasteiger partial charge in [-0.05, 0) is 55.4 Å². The molecule has 0 saturated carbocycles. The number of hydrogen-bond acceptors (Lipinski definition) is 0. The molecule has 1 aromatic rings. The Kier molecular flexibility index (Phi) is 7.86. The van der Waals surface area contributed by atoms with Gasteiger partial charge in [0.2, 0.25) is 0 Å². The van der Waals surface area contributed by atoms with Crippen LogP contribution in [-0.4, -0.2) is 0 Å². The molecule has 0 unspecified atom stereocenters. The molecule has 0 aromatic heterocycles. The number of aryl methyl sites for hydroxylation is 2. The predicted octanol–water partition coefficient (Wildman–Crippen LogP) is 6.16. The van der Waals surface area contributed by atoms with Crippen molar-refractivity contribution in [2.24, 2.45) is 0 Å². The fourth-order valence-corrected chi connectivity index (χ4v) is 2.95. The zero-order chi connectivity index (χ0) is 14.1. The van der Waals surface area contributed by atoms with Crippen LogP contribution in [0.1, 0.15) is 81.0 Å². The molecular formula is C19H32. The van der Waals surface area contributed by atoms with E-state index in [0.717, 1.165) is 0 Å². The molecule has 0 fully saturated rings. The fraction of sp³-hybridized carbons (Fsp3) is 0.684. The van der Waals surface area contributed by atoms with Gasteiger partial charge in [0.15, 0.2) is 0 Å². The Balaban J connectivity index is 2.50. The summed E-state index contributed by atoms with van der Waals surface area (Å²) >= 11 is 0. The zero-order valence-corrected chi connectivity index (χ0v) is 13.5. The summed E-state index contributed by atoms with van der Waals surface area (Å²) in [5.74, 6) is 0. The Bertz CT molecular complexity index is 363. The molecule has 0 N–H and O–H groups in total. The first-order valence-corrected chi connectivity index (χ1v) is 8.28. The van der Waals surface area contributed by atoms with E-state index in [-0.39, 0.29) is 0 Å². The van der Waals surface area contributed by atoms with E-state index in [1.165, 1.54) is 63.4 Å². The van der Waals surface area contributed by atoms with Gasteiger partial charge in [-0.1, -0.05) is 64.5 Å². The summed E-state index contributed by atoms with van der Waals surface area (Å²) in [6, 6.07) is 4.66. The van der Waals surface area contributed by atoms with Gasteiger partial charge in [0.1, 0.15) is 0 Å². The van der Waals surface area contributed by atoms with Crippen molar-refractivity contribution in [1.82, 2.24) is 0 Å². The molecule has 108 valence electrons. The second-order valence-corrected chi connectivity index (χ2v) is 5.91. The van der Waals surface area contributed by atoms with Crippen LogP contribution in [0.25, 0.3) is 0 Å². The van der Waals surface area contributed by atoms with Crippen LogP contribution >= 0.6 is 0 Å². The first-order chi connectivity index (χ1) is 9.20. The van der Waals surface area contributed by atoms with Crippen molar-refractivity contribution in [3.05, 3.63) is 34.4 Å². The van der Waals surface area contributed by atoms with E-state index in [1.54, 1.807) is 16.7 Å². The monoisotopic (exact) mass is 260 g/mol. The molecule has 0 saturated heterocycles. The Morgan fingerprint density at radius 3 is 2.11 bits per heavy atom. The number of unbranched alkanes of at least 4 members (excludes halogenated alkanes) is 5. The minimum Gasteiger partial charge on any atom is -0.0654 e. The van der Waals surface area contributed by atoms with Gasteiger partial charge in [-0.25, -0.2) is 0 Å². The van der Waals surface area contributed by atoms with Crippen molar-refractivity contribution >= 4 is 0 Å². The molecule has 0 bridgehead atoms. The Labute approximate surface area is 120 Å². The molecule has 0 spiro atoms. The van der Waals surface area contributed by atoms with Crippen LogP contribution in [0.2, 0.25) is 0 Å². The van der Waals surface area contributed by atoms with Gasteiger partial charge in [0.25, 0.3) is 0 Å². The van der Waals surface area contributed by atoms with Crippen LogP contribution in [0.4, 0.5) is 0 Å². The largest absolute Gasteiger partial charge is 0.0654 e. The first kappa shape index (κ1) is 16.3. The van der Waals surface area contributed by atoms with E-state index >= 15 is 0 Å². The lowest BCUT2D eigenvalue weighted by Gasteiger charge is -2.14. The standard InChI is InChI=1S/C19H32/c1-5-7-8-9-10-11-13-19-16(3)14-15-18(12-6-2)17(19)4/h14-15H,5-13H2,1-4H3. The lowest BCUT2D eigenvalue weighted by molar-refractivity contribution is 0.606. The zero-order valence-electron chi connectivity index (χ0n) is 13.5. The number of rotatable bonds is 9. The highest BCUT2D eigenvalue weighted by atomic mass is 14.1. The topological polar surface area (TPSA) is 0 Å². The SMILES string of the molecule is CCCCCCCCc1c(C)ccc(CCC)c1C. The summed E-state index contributed by atoms with van der Waals surface area (Å²) in [5, 5.41) is 0. The van der Waals surface area contributed by atoms with Gasteiger partial charge in [-0.15, -0.1) is 0 Å². The molecule has 0 heterocycles. The van der Waals surface area contributed by atoms with Crippen molar-refractivity contribution in [1.29, 1.82) is 0 Å². The minimum atomic E-state index is 1.23. The van der Waals surface area contributed by atoms with Crippen LogP contribution < -0.4 is 0 Å². The van der Waals surface area contributed by atoms with Gasteiger partial charge in [-0.3, -0.25) is 0 Å². The highest BCUT2D eigenvalue weighted by molar-refractivity contribution is 5.40. The van der Waals surface area contributed by atoms with Gasteiger partial charge in [0, 0.05) is 0 Å².